The van der Waals surface area contributed by atoms with E-state index in [0.29, 0.717) is 30.9 Å². The molecular formula is C20H23N5O4. The first kappa shape index (κ1) is 18.9. The average molecular weight is 397 g/mol. The third-order valence-corrected chi connectivity index (χ3v) is 5.01. The number of carbonyl (C=O) groups excluding carboxylic acids is 1. The van der Waals surface area contributed by atoms with Crippen LogP contribution in [0.5, 0.6) is 11.8 Å². The van der Waals surface area contributed by atoms with Crippen LogP contribution in [-0.2, 0) is 6.54 Å². The second-order valence-corrected chi connectivity index (χ2v) is 6.98. The summed E-state index contributed by atoms with van der Waals surface area (Å²) in [5.74, 6) is -0.666. The minimum atomic E-state index is -0.612. The Kier molecular flexibility index (Phi) is 5.13. The van der Waals surface area contributed by atoms with Gasteiger partial charge in [-0.25, -0.2) is 9.48 Å². The van der Waals surface area contributed by atoms with E-state index in [0.717, 1.165) is 23.5 Å². The molecule has 9 nitrogen and oxygen atoms in total. The molecule has 152 valence electrons. The molecule has 29 heavy (non-hydrogen) atoms. The van der Waals surface area contributed by atoms with Gasteiger partial charge in [-0.1, -0.05) is 18.2 Å². The van der Waals surface area contributed by atoms with Crippen LogP contribution >= 0.6 is 0 Å². The van der Waals surface area contributed by atoms with Crippen LogP contribution in [0.1, 0.15) is 11.3 Å². The number of hydrogen-bond acceptors (Lipinski definition) is 6. The Hall–Kier alpha value is -3.46. The van der Waals surface area contributed by atoms with Crippen molar-refractivity contribution in [1.82, 2.24) is 24.3 Å². The number of para-hydroxylation sites is 1. The Labute approximate surface area is 167 Å². The molecule has 0 atom stereocenters. The number of carbonyl (C=O) groups is 1. The van der Waals surface area contributed by atoms with E-state index in [1.54, 1.807) is 4.90 Å². The summed E-state index contributed by atoms with van der Waals surface area (Å²) < 4.78 is 2.59. The molecule has 3 aromatic rings. The molecule has 0 bridgehead atoms. The molecule has 1 aromatic carbocycles. The smallest absolute Gasteiger partial charge is 0.434 e. The van der Waals surface area contributed by atoms with Gasteiger partial charge in [0.1, 0.15) is 0 Å². The Morgan fingerprint density at radius 3 is 2.34 bits per heavy atom. The quantitative estimate of drug-likeness (QED) is 0.697. The maximum atomic E-state index is 12.3. The number of hydrogen-bond donors (Lipinski definition) is 2. The van der Waals surface area contributed by atoms with Crippen molar-refractivity contribution in [2.24, 2.45) is 0 Å². The molecule has 1 amide bonds. The average Bonchev–Trinajstić information content (AvgIpc) is 3.26. The van der Waals surface area contributed by atoms with Crippen LogP contribution in [0.25, 0.3) is 5.69 Å². The minimum Gasteiger partial charge on any atom is -0.492 e. The highest BCUT2D eigenvalue weighted by Crippen LogP contribution is 2.19. The Morgan fingerprint density at radius 2 is 1.69 bits per heavy atom. The lowest BCUT2D eigenvalue weighted by molar-refractivity contribution is 0.0555. The van der Waals surface area contributed by atoms with E-state index in [9.17, 15) is 15.0 Å². The fourth-order valence-electron chi connectivity index (χ4n) is 3.32. The van der Waals surface area contributed by atoms with Crippen LogP contribution in [0.4, 0.5) is 4.79 Å². The Balaban J connectivity index is 1.33. The lowest BCUT2D eigenvalue weighted by Crippen LogP contribution is -2.50. The van der Waals surface area contributed by atoms with Crippen molar-refractivity contribution in [2.75, 3.05) is 26.2 Å². The molecule has 0 saturated carbocycles. The van der Waals surface area contributed by atoms with Gasteiger partial charge in [0.15, 0.2) is 0 Å². The molecule has 0 unspecified atom stereocenters. The zero-order chi connectivity index (χ0) is 20.4. The van der Waals surface area contributed by atoms with Crippen molar-refractivity contribution in [2.45, 2.75) is 13.5 Å². The molecule has 9 heteroatoms. The third kappa shape index (κ3) is 4.04. The third-order valence-electron chi connectivity index (χ3n) is 5.01. The van der Waals surface area contributed by atoms with Crippen molar-refractivity contribution in [3.8, 4) is 17.4 Å². The summed E-state index contributed by atoms with van der Waals surface area (Å²) in [7, 11) is 0. The number of aromatic nitrogens is 3. The highest BCUT2D eigenvalue weighted by Gasteiger charge is 2.25. The minimum absolute atomic E-state index is 0.333. The lowest BCUT2D eigenvalue weighted by Gasteiger charge is -2.33. The second kappa shape index (κ2) is 7.88. The summed E-state index contributed by atoms with van der Waals surface area (Å²) in [5.41, 5.74) is 3.15. The monoisotopic (exact) mass is 397 g/mol. The molecule has 1 saturated heterocycles. The fourth-order valence-corrected chi connectivity index (χ4v) is 3.32. The van der Waals surface area contributed by atoms with Gasteiger partial charge in [0, 0.05) is 56.6 Å². The number of piperazine rings is 1. The van der Waals surface area contributed by atoms with Crippen molar-refractivity contribution in [3.63, 3.8) is 0 Å². The Bertz CT molecular complexity index is 970. The summed E-state index contributed by atoms with van der Waals surface area (Å²) in [6.07, 6.45) is 1.43. The summed E-state index contributed by atoms with van der Waals surface area (Å²) >= 11 is 0. The molecule has 0 spiro atoms. The van der Waals surface area contributed by atoms with Crippen LogP contribution in [-0.4, -0.2) is 66.8 Å². The van der Waals surface area contributed by atoms with Crippen molar-refractivity contribution < 1.29 is 19.8 Å². The van der Waals surface area contributed by atoms with Crippen LogP contribution in [0.15, 0.2) is 48.7 Å². The van der Waals surface area contributed by atoms with Crippen LogP contribution in [0, 0.1) is 6.92 Å². The molecule has 4 rings (SSSR count). The van der Waals surface area contributed by atoms with E-state index in [4.69, 9.17) is 4.84 Å². The molecule has 1 aliphatic rings. The molecule has 1 aliphatic heterocycles. The van der Waals surface area contributed by atoms with E-state index in [1.165, 1.54) is 12.1 Å². The molecule has 1 fully saturated rings. The van der Waals surface area contributed by atoms with Gasteiger partial charge in [0.05, 0.1) is 11.4 Å². The van der Waals surface area contributed by atoms with Gasteiger partial charge in [-0.05, 0) is 19.1 Å². The van der Waals surface area contributed by atoms with Crippen molar-refractivity contribution in [3.05, 3.63) is 59.9 Å². The van der Waals surface area contributed by atoms with Gasteiger partial charge in [-0.3, -0.25) is 4.90 Å². The van der Waals surface area contributed by atoms with E-state index in [-0.39, 0.29) is 11.8 Å². The maximum Gasteiger partial charge on any atom is 0.434 e. The van der Waals surface area contributed by atoms with Crippen molar-refractivity contribution in [1.29, 1.82) is 0 Å². The predicted octanol–water partition coefficient (Wildman–Crippen LogP) is 1.76. The highest BCUT2D eigenvalue weighted by molar-refractivity contribution is 5.68. The van der Waals surface area contributed by atoms with Crippen LogP contribution in [0.3, 0.4) is 0 Å². The van der Waals surface area contributed by atoms with E-state index in [2.05, 4.69) is 10.00 Å². The molecule has 0 aliphatic carbocycles. The number of rotatable bonds is 4. The summed E-state index contributed by atoms with van der Waals surface area (Å²) in [5, 5.41) is 23.8. The number of amides is 1. The number of aromatic hydroxyl groups is 2. The maximum absolute atomic E-state index is 12.3. The highest BCUT2D eigenvalue weighted by atomic mass is 16.7. The molecule has 3 heterocycles. The molecule has 0 radical (unpaired) electrons. The van der Waals surface area contributed by atoms with Gasteiger partial charge in [-0.2, -0.15) is 5.10 Å². The lowest BCUT2D eigenvalue weighted by atomic mass is 10.2. The largest absolute Gasteiger partial charge is 0.492 e. The molecular weight excluding hydrogens is 374 g/mol. The van der Waals surface area contributed by atoms with E-state index < -0.39 is 6.09 Å². The number of nitrogens with zero attached hydrogens (tertiary/aromatic N) is 5. The summed E-state index contributed by atoms with van der Waals surface area (Å²) in [4.78, 5) is 21.1. The van der Waals surface area contributed by atoms with Gasteiger partial charge in [0.25, 0.3) is 0 Å². The SMILES string of the molecule is Cc1nn(-c2ccccc2)cc1CN1CCN(C(=O)On2c(O)ccc2O)CC1. The van der Waals surface area contributed by atoms with Gasteiger partial charge >= 0.3 is 6.09 Å². The topological polar surface area (TPSA) is 96.0 Å². The zero-order valence-corrected chi connectivity index (χ0v) is 16.1. The normalized spacial score (nSPS) is 14.9. The van der Waals surface area contributed by atoms with Gasteiger partial charge < -0.3 is 20.0 Å². The summed E-state index contributed by atoms with van der Waals surface area (Å²) in [6.45, 7) is 5.11. The molecule has 2 aromatic heterocycles. The zero-order valence-electron chi connectivity index (χ0n) is 16.1. The van der Waals surface area contributed by atoms with Crippen molar-refractivity contribution >= 4 is 6.09 Å². The summed E-state index contributed by atoms with van der Waals surface area (Å²) in [6, 6.07) is 12.5. The first-order valence-electron chi connectivity index (χ1n) is 9.41. The Morgan fingerprint density at radius 1 is 1.03 bits per heavy atom. The van der Waals surface area contributed by atoms with Crippen LogP contribution in [0.2, 0.25) is 0 Å². The second-order valence-electron chi connectivity index (χ2n) is 6.98. The molecule has 2 N–H and O–H groups in total. The van der Waals surface area contributed by atoms with E-state index >= 15 is 0 Å². The fraction of sp³-hybridized carbons (Fsp3) is 0.300. The van der Waals surface area contributed by atoms with Crippen LogP contribution < -0.4 is 4.84 Å². The predicted molar refractivity (Wildman–Crippen MR) is 105 cm³/mol. The van der Waals surface area contributed by atoms with Gasteiger partial charge in [-0.15, -0.1) is 4.73 Å². The number of benzene rings is 1. The number of aryl methyl sites for hydroxylation is 1. The van der Waals surface area contributed by atoms with Gasteiger partial charge in [0.2, 0.25) is 11.8 Å². The first-order valence-corrected chi connectivity index (χ1v) is 9.41. The standard InChI is InChI=1S/C20H23N5O4/c1-15-16(14-24(21-15)17-5-3-2-4-6-17)13-22-9-11-23(12-10-22)20(28)29-25-18(26)7-8-19(25)27/h2-8,14,26-27H,9-13H2,1H3. The van der Waals surface area contributed by atoms with E-state index in [1.807, 2.05) is 48.1 Å². The first-order chi connectivity index (χ1) is 14.0.